The van der Waals surface area contributed by atoms with Crippen molar-refractivity contribution in [2.75, 3.05) is 5.32 Å². The van der Waals surface area contributed by atoms with Gasteiger partial charge in [-0.3, -0.25) is 14.2 Å². The van der Waals surface area contributed by atoms with E-state index in [2.05, 4.69) is 15.3 Å². The van der Waals surface area contributed by atoms with Crippen molar-refractivity contribution in [2.45, 2.75) is 20.0 Å². The largest absolute Gasteiger partial charge is 0.467 e. The Kier molecular flexibility index (Phi) is 5.01. The number of aliphatic imine (C=N–C) groups is 1. The van der Waals surface area contributed by atoms with E-state index in [4.69, 9.17) is 4.42 Å². The fourth-order valence-electron chi connectivity index (χ4n) is 2.97. The zero-order valence-electron chi connectivity index (χ0n) is 15.5. The number of rotatable bonds is 6. The number of hydrogen-bond donors (Lipinski definition) is 1. The Morgan fingerprint density at radius 3 is 2.79 bits per heavy atom. The van der Waals surface area contributed by atoms with Gasteiger partial charge in [0.25, 0.3) is 5.56 Å². The molecule has 0 amide bonds. The predicted octanol–water partition coefficient (Wildman–Crippen LogP) is 3.83. The minimum atomic E-state index is -0.160. The number of aromatic nitrogens is 2. The van der Waals surface area contributed by atoms with Gasteiger partial charge in [-0.2, -0.15) is 0 Å². The smallest absolute Gasteiger partial charge is 0.268 e. The summed E-state index contributed by atoms with van der Waals surface area (Å²) < 4.78 is 6.92. The number of benzene rings is 1. The van der Waals surface area contributed by atoms with Crippen LogP contribution in [-0.2, 0) is 13.1 Å². The molecule has 6 heteroatoms. The van der Waals surface area contributed by atoms with Crippen molar-refractivity contribution in [2.24, 2.45) is 4.99 Å². The van der Waals surface area contributed by atoms with Crippen molar-refractivity contribution in [1.29, 1.82) is 0 Å². The van der Waals surface area contributed by atoms with Crippen LogP contribution in [0.3, 0.4) is 0 Å². The van der Waals surface area contributed by atoms with Crippen LogP contribution in [0.1, 0.15) is 22.5 Å². The molecule has 140 valence electrons. The number of pyridine rings is 1. The molecular formula is C22H20N4O2. The topological polar surface area (TPSA) is 71.9 Å². The summed E-state index contributed by atoms with van der Waals surface area (Å²) in [6.07, 6.45) is 4.94. The molecule has 0 aliphatic heterocycles. The molecule has 1 N–H and O–H groups in total. The quantitative estimate of drug-likeness (QED) is 0.522. The normalized spacial score (nSPS) is 11.3. The highest BCUT2D eigenvalue weighted by atomic mass is 16.3. The van der Waals surface area contributed by atoms with Crippen LogP contribution in [0.2, 0.25) is 0 Å². The molecule has 0 spiro atoms. The Morgan fingerprint density at radius 2 is 2.00 bits per heavy atom. The average molecular weight is 372 g/mol. The van der Waals surface area contributed by atoms with Gasteiger partial charge in [0, 0.05) is 12.4 Å². The van der Waals surface area contributed by atoms with Gasteiger partial charge in [0.15, 0.2) is 0 Å². The molecule has 0 atom stereocenters. The summed E-state index contributed by atoms with van der Waals surface area (Å²) in [5.74, 6) is 1.26. The maximum Gasteiger partial charge on any atom is 0.268 e. The van der Waals surface area contributed by atoms with Gasteiger partial charge in [-0.1, -0.05) is 36.4 Å². The molecule has 0 unspecified atom stereocenters. The van der Waals surface area contributed by atoms with Gasteiger partial charge >= 0.3 is 0 Å². The molecule has 28 heavy (non-hydrogen) atoms. The summed E-state index contributed by atoms with van der Waals surface area (Å²) in [4.78, 5) is 22.2. The Labute approximate surface area is 162 Å². The van der Waals surface area contributed by atoms with Gasteiger partial charge in [-0.25, -0.2) is 4.98 Å². The molecule has 3 heterocycles. The van der Waals surface area contributed by atoms with Crippen LogP contribution in [0.5, 0.6) is 0 Å². The van der Waals surface area contributed by atoms with Crippen LogP contribution in [-0.4, -0.2) is 15.6 Å². The second-order valence-electron chi connectivity index (χ2n) is 6.45. The number of nitrogens with one attached hydrogen (secondary N) is 1. The Balaban J connectivity index is 1.72. The summed E-state index contributed by atoms with van der Waals surface area (Å²) >= 11 is 0. The third-order valence-electron chi connectivity index (χ3n) is 4.43. The van der Waals surface area contributed by atoms with Crippen molar-refractivity contribution < 1.29 is 4.42 Å². The highest BCUT2D eigenvalue weighted by Gasteiger charge is 2.12. The van der Waals surface area contributed by atoms with Crippen LogP contribution in [0.15, 0.2) is 81.3 Å². The van der Waals surface area contributed by atoms with E-state index < -0.39 is 0 Å². The molecule has 4 aromatic rings. The summed E-state index contributed by atoms with van der Waals surface area (Å²) in [5, 5.41) is 3.22. The first-order valence-electron chi connectivity index (χ1n) is 9.04. The van der Waals surface area contributed by atoms with Crippen LogP contribution in [0, 0.1) is 6.92 Å². The molecule has 0 saturated heterocycles. The second-order valence-corrected chi connectivity index (χ2v) is 6.45. The predicted molar refractivity (Wildman–Crippen MR) is 110 cm³/mol. The first kappa shape index (κ1) is 17.7. The van der Waals surface area contributed by atoms with E-state index in [1.807, 2.05) is 61.5 Å². The Hall–Kier alpha value is -3.67. The molecule has 0 saturated carbocycles. The van der Waals surface area contributed by atoms with Gasteiger partial charge < -0.3 is 9.73 Å². The standard InChI is InChI=1S/C22H20N4O2/c1-16-7-5-11-26-21(16)25-20(24-14-18-10-6-12-28-18)19(22(26)27)15-23-13-17-8-3-2-4-9-17/h2-12,15,24H,13-14H2,1H3. The maximum absolute atomic E-state index is 13.1. The van der Waals surface area contributed by atoms with E-state index in [-0.39, 0.29) is 5.56 Å². The lowest BCUT2D eigenvalue weighted by molar-refractivity contribution is 0.518. The summed E-state index contributed by atoms with van der Waals surface area (Å²) in [6.45, 7) is 2.86. The molecule has 6 nitrogen and oxygen atoms in total. The molecule has 0 aliphatic carbocycles. The van der Waals surface area contributed by atoms with Gasteiger partial charge in [0.1, 0.15) is 22.8 Å². The zero-order chi connectivity index (χ0) is 19.3. The number of furan rings is 1. The minimum Gasteiger partial charge on any atom is -0.467 e. The minimum absolute atomic E-state index is 0.160. The molecule has 0 fully saturated rings. The van der Waals surface area contributed by atoms with Crippen LogP contribution in [0.4, 0.5) is 5.82 Å². The fraction of sp³-hybridized carbons (Fsp3) is 0.136. The van der Waals surface area contributed by atoms with E-state index in [9.17, 15) is 4.79 Å². The lowest BCUT2D eigenvalue weighted by Crippen LogP contribution is -2.23. The highest BCUT2D eigenvalue weighted by Crippen LogP contribution is 2.14. The number of fused-ring (bicyclic) bond motifs is 1. The van der Waals surface area contributed by atoms with E-state index >= 15 is 0 Å². The third-order valence-corrected chi connectivity index (χ3v) is 4.43. The second kappa shape index (κ2) is 7.92. The summed E-state index contributed by atoms with van der Waals surface area (Å²) in [5.41, 5.74) is 2.88. The number of anilines is 1. The molecule has 1 aromatic carbocycles. The fourth-order valence-corrected chi connectivity index (χ4v) is 2.97. The van der Waals surface area contributed by atoms with Crippen molar-refractivity contribution in [3.63, 3.8) is 0 Å². The summed E-state index contributed by atoms with van der Waals surface area (Å²) in [7, 11) is 0. The van der Waals surface area contributed by atoms with E-state index in [0.29, 0.717) is 30.1 Å². The van der Waals surface area contributed by atoms with Gasteiger partial charge in [0.2, 0.25) is 0 Å². The molecule has 0 bridgehead atoms. The summed E-state index contributed by atoms with van der Waals surface area (Å²) in [6, 6.07) is 17.4. The lowest BCUT2D eigenvalue weighted by Gasteiger charge is -2.11. The molecule has 3 aromatic heterocycles. The van der Waals surface area contributed by atoms with Crippen molar-refractivity contribution >= 4 is 17.7 Å². The monoisotopic (exact) mass is 372 g/mol. The van der Waals surface area contributed by atoms with Gasteiger partial charge in [0.05, 0.1) is 19.4 Å². The van der Waals surface area contributed by atoms with Gasteiger partial charge in [-0.15, -0.1) is 0 Å². The van der Waals surface area contributed by atoms with E-state index in [0.717, 1.165) is 16.9 Å². The van der Waals surface area contributed by atoms with Crippen molar-refractivity contribution in [3.05, 3.63) is 99.9 Å². The number of nitrogens with zero attached hydrogens (tertiary/aromatic N) is 3. The maximum atomic E-state index is 13.1. The van der Waals surface area contributed by atoms with Crippen LogP contribution < -0.4 is 10.9 Å². The first-order valence-corrected chi connectivity index (χ1v) is 9.04. The molecular weight excluding hydrogens is 352 g/mol. The molecule has 0 aliphatic rings. The number of aryl methyl sites for hydroxylation is 1. The van der Waals surface area contributed by atoms with Gasteiger partial charge in [-0.05, 0) is 36.2 Å². The van der Waals surface area contributed by atoms with E-state index in [1.165, 1.54) is 0 Å². The number of hydrogen-bond acceptors (Lipinski definition) is 5. The van der Waals surface area contributed by atoms with Crippen LogP contribution >= 0.6 is 0 Å². The Morgan fingerprint density at radius 1 is 1.14 bits per heavy atom. The highest BCUT2D eigenvalue weighted by molar-refractivity contribution is 5.86. The SMILES string of the molecule is Cc1cccn2c(=O)c(C=NCc3ccccc3)c(NCc3ccco3)nc12. The van der Waals surface area contributed by atoms with E-state index in [1.54, 1.807) is 23.1 Å². The third kappa shape index (κ3) is 3.71. The van der Waals surface area contributed by atoms with Crippen molar-refractivity contribution in [3.8, 4) is 0 Å². The van der Waals surface area contributed by atoms with Crippen LogP contribution in [0.25, 0.3) is 5.65 Å². The molecule has 0 radical (unpaired) electrons. The van der Waals surface area contributed by atoms with Crippen molar-refractivity contribution in [1.82, 2.24) is 9.38 Å². The zero-order valence-corrected chi connectivity index (χ0v) is 15.5. The Bertz CT molecular complexity index is 1160. The molecule has 4 rings (SSSR count). The average Bonchev–Trinajstić information content (AvgIpc) is 3.23. The lowest BCUT2D eigenvalue weighted by atomic mass is 10.2. The first-order chi connectivity index (χ1) is 13.7.